The van der Waals surface area contributed by atoms with Crippen LogP contribution in [-0.4, -0.2) is 59.3 Å². The number of aliphatic hydroxyl groups is 1. The Balaban J connectivity index is 1.55. The minimum absolute atomic E-state index is 0.157. The largest absolute Gasteiger partial charge is 0.479 e. The Labute approximate surface area is 212 Å². The second kappa shape index (κ2) is 10.2. The third-order valence-corrected chi connectivity index (χ3v) is 6.50. The van der Waals surface area contributed by atoms with E-state index in [4.69, 9.17) is 10.00 Å². The smallest absolute Gasteiger partial charge is 0.179 e. The molecule has 1 aliphatic rings. The van der Waals surface area contributed by atoms with Gasteiger partial charge in [-0.2, -0.15) is 10.4 Å². The highest BCUT2D eigenvalue weighted by molar-refractivity contribution is 5.75. The molecule has 1 fully saturated rings. The lowest BCUT2D eigenvalue weighted by Gasteiger charge is -2.28. The fraction of sp³-hybridized carbons (Fsp3) is 0.346. The van der Waals surface area contributed by atoms with Crippen molar-refractivity contribution in [1.29, 1.82) is 5.26 Å². The topological polar surface area (TPSA) is 117 Å². The molecule has 0 radical (unpaired) electrons. The highest BCUT2D eigenvalue weighted by Gasteiger charge is 2.25. The molecule has 5 heterocycles. The van der Waals surface area contributed by atoms with Gasteiger partial charge < -0.3 is 14.7 Å². The van der Waals surface area contributed by atoms with E-state index in [2.05, 4.69) is 38.4 Å². The van der Waals surface area contributed by atoms with Crippen LogP contribution in [0.2, 0.25) is 0 Å². The van der Waals surface area contributed by atoms with Gasteiger partial charge in [-0.05, 0) is 44.9 Å². The number of ether oxygens (including phenoxy) is 1. The minimum Gasteiger partial charge on any atom is -0.479 e. The van der Waals surface area contributed by atoms with Crippen molar-refractivity contribution in [1.82, 2.24) is 34.5 Å². The first kappa shape index (κ1) is 24.2. The summed E-state index contributed by atoms with van der Waals surface area (Å²) in [6.07, 6.45) is 7.57. The van der Waals surface area contributed by atoms with Crippen LogP contribution in [0.15, 0.2) is 36.8 Å². The minimum atomic E-state index is -0.834. The van der Waals surface area contributed by atoms with Crippen molar-refractivity contribution in [2.45, 2.75) is 38.8 Å². The summed E-state index contributed by atoms with van der Waals surface area (Å²) in [5.74, 6) is 5.87. The Kier molecular flexibility index (Phi) is 6.71. The molecule has 0 bridgehead atoms. The summed E-state index contributed by atoms with van der Waals surface area (Å²) < 4.78 is 23.2. The zero-order valence-electron chi connectivity index (χ0n) is 20.5. The standard InChI is InChI=1S/C26H25FN8O2/c1-3-4-18-12-30-34-14-19(25-17(2)35(32-31-25)21-7-9-33(16-28)10-8-21)11-23(26(18)34)37-24(15-36)22-6-5-20(27)13-29-22/h5-6,11-14,21,24,36H,7-10,15H2,1-2H3. The van der Waals surface area contributed by atoms with Gasteiger partial charge in [0, 0.05) is 24.8 Å². The van der Waals surface area contributed by atoms with E-state index >= 15 is 0 Å². The maximum absolute atomic E-state index is 13.4. The molecule has 1 aliphatic heterocycles. The fourth-order valence-corrected chi connectivity index (χ4v) is 4.62. The third-order valence-electron chi connectivity index (χ3n) is 6.50. The maximum Gasteiger partial charge on any atom is 0.179 e. The first-order chi connectivity index (χ1) is 18.0. The van der Waals surface area contributed by atoms with Crippen molar-refractivity contribution in [3.05, 3.63) is 59.6 Å². The van der Waals surface area contributed by atoms with Gasteiger partial charge >= 0.3 is 0 Å². The number of hydrogen-bond acceptors (Lipinski definition) is 8. The van der Waals surface area contributed by atoms with Crippen LogP contribution < -0.4 is 4.74 Å². The number of piperidine rings is 1. The van der Waals surface area contributed by atoms with Gasteiger partial charge in [-0.15, -0.1) is 11.0 Å². The van der Waals surface area contributed by atoms with Crippen LogP contribution in [0.4, 0.5) is 4.39 Å². The Morgan fingerprint density at radius 3 is 2.76 bits per heavy atom. The van der Waals surface area contributed by atoms with Gasteiger partial charge in [0.2, 0.25) is 0 Å². The first-order valence-corrected chi connectivity index (χ1v) is 11.9. The lowest BCUT2D eigenvalue weighted by atomic mass is 10.0. The molecule has 188 valence electrons. The number of halogens is 1. The van der Waals surface area contributed by atoms with Crippen LogP contribution in [0.1, 0.15) is 48.9 Å². The van der Waals surface area contributed by atoms with E-state index < -0.39 is 11.9 Å². The number of hydrogen-bond donors (Lipinski definition) is 1. The van der Waals surface area contributed by atoms with Gasteiger partial charge in [0.05, 0.1) is 42.0 Å². The summed E-state index contributed by atoms with van der Waals surface area (Å²) in [4.78, 5) is 5.83. The number of nitriles is 1. The van der Waals surface area contributed by atoms with Gasteiger partial charge in [-0.3, -0.25) is 4.98 Å². The zero-order chi connectivity index (χ0) is 25.9. The van der Waals surface area contributed by atoms with Crippen LogP contribution in [0, 0.1) is 36.0 Å². The Morgan fingerprint density at radius 1 is 1.27 bits per heavy atom. The normalized spacial score (nSPS) is 14.7. The predicted octanol–water partition coefficient (Wildman–Crippen LogP) is 3.04. The molecule has 0 saturated carbocycles. The van der Waals surface area contributed by atoms with E-state index in [1.54, 1.807) is 22.5 Å². The summed E-state index contributed by atoms with van der Waals surface area (Å²) in [6.45, 7) is 4.71. The molecule has 1 atom stereocenters. The number of aromatic nitrogens is 6. The molecule has 1 N–H and O–H groups in total. The SMILES string of the molecule is CC#Cc1cnn2cc(-c3nnn(C4CCN(C#N)CC4)c3C)cc(OC(CO)c3ccc(F)cn3)c12. The van der Waals surface area contributed by atoms with Crippen LogP contribution in [0.25, 0.3) is 16.8 Å². The van der Waals surface area contributed by atoms with Crippen LogP contribution in [0.5, 0.6) is 5.75 Å². The van der Waals surface area contributed by atoms with Crippen molar-refractivity contribution in [3.63, 3.8) is 0 Å². The summed E-state index contributed by atoms with van der Waals surface area (Å²) in [5.41, 5.74) is 3.98. The summed E-state index contributed by atoms with van der Waals surface area (Å²) >= 11 is 0. The third kappa shape index (κ3) is 4.69. The van der Waals surface area contributed by atoms with Crippen molar-refractivity contribution in [3.8, 4) is 35.0 Å². The zero-order valence-corrected chi connectivity index (χ0v) is 20.5. The van der Waals surface area contributed by atoms with Crippen molar-refractivity contribution < 1.29 is 14.2 Å². The molecule has 1 saturated heterocycles. The van der Waals surface area contributed by atoms with E-state index in [1.807, 2.05) is 23.9 Å². The lowest BCUT2D eigenvalue weighted by molar-refractivity contribution is 0.114. The van der Waals surface area contributed by atoms with Gasteiger partial charge in [0.25, 0.3) is 0 Å². The Hall–Kier alpha value is -4.48. The molecular weight excluding hydrogens is 475 g/mol. The van der Waals surface area contributed by atoms with E-state index in [1.165, 1.54) is 12.1 Å². The fourth-order valence-electron chi connectivity index (χ4n) is 4.62. The van der Waals surface area contributed by atoms with Crippen molar-refractivity contribution in [2.24, 2.45) is 0 Å². The highest BCUT2D eigenvalue weighted by atomic mass is 19.1. The number of fused-ring (bicyclic) bond motifs is 1. The number of rotatable bonds is 6. The summed E-state index contributed by atoms with van der Waals surface area (Å²) in [6, 6.07) is 4.73. The number of aliphatic hydroxyl groups excluding tert-OH is 1. The average molecular weight is 501 g/mol. The molecule has 0 aliphatic carbocycles. The second-order valence-corrected chi connectivity index (χ2v) is 8.80. The predicted molar refractivity (Wildman–Crippen MR) is 132 cm³/mol. The van der Waals surface area contributed by atoms with Gasteiger partial charge in [-0.25, -0.2) is 13.6 Å². The molecular formula is C26H25FN8O2. The first-order valence-electron chi connectivity index (χ1n) is 11.9. The monoisotopic (exact) mass is 500 g/mol. The maximum atomic E-state index is 13.4. The molecule has 4 aromatic rings. The molecule has 0 amide bonds. The number of pyridine rings is 2. The molecule has 11 heteroatoms. The highest BCUT2D eigenvalue weighted by Crippen LogP contribution is 2.34. The van der Waals surface area contributed by atoms with Crippen LogP contribution >= 0.6 is 0 Å². The molecule has 1 unspecified atom stereocenters. The molecule has 5 rings (SSSR count). The van der Waals surface area contributed by atoms with Gasteiger partial charge in [0.1, 0.15) is 22.8 Å². The summed E-state index contributed by atoms with van der Waals surface area (Å²) in [5, 5.41) is 32.6. The number of nitrogens with zero attached hydrogens (tertiary/aromatic N) is 8. The Morgan fingerprint density at radius 2 is 2.08 bits per heavy atom. The molecule has 4 aromatic heterocycles. The second-order valence-electron chi connectivity index (χ2n) is 8.80. The van der Waals surface area contributed by atoms with Crippen molar-refractivity contribution >= 4 is 5.52 Å². The van der Waals surface area contributed by atoms with Crippen molar-refractivity contribution in [2.75, 3.05) is 19.7 Å². The molecule has 0 spiro atoms. The molecule has 0 aromatic carbocycles. The number of likely N-dealkylation sites (tertiary alicyclic amines) is 1. The van der Waals surface area contributed by atoms with Crippen LogP contribution in [-0.2, 0) is 0 Å². The Bertz CT molecular complexity index is 1520. The van der Waals surface area contributed by atoms with E-state index in [9.17, 15) is 9.50 Å². The van der Waals surface area contributed by atoms with Gasteiger partial charge in [0.15, 0.2) is 12.3 Å². The van der Waals surface area contributed by atoms with Gasteiger partial charge in [-0.1, -0.05) is 11.1 Å². The van der Waals surface area contributed by atoms with E-state index in [0.29, 0.717) is 41.3 Å². The average Bonchev–Trinajstić information content (AvgIpc) is 3.51. The summed E-state index contributed by atoms with van der Waals surface area (Å²) in [7, 11) is 0. The lowest BCUT2D eigenvalue weighted by Crippen LogP contribution is -2.31. The quantitative estimate of drug-likeness (QED) is 0.317. The van der Waals surface area contributed by atoms with E-state index in [0.717, 1.165) is 30.3 Å². The van der Waals surface area contributed by atoms with E-state index in [-0.39, 0.29) is 12.6 Å². The molecule has 37 heavy (non-hydrogen) atoms. The molecule has 10 nitrogen and oxygen atoms in total. The van der Waals surface area contributed by atoms with Crippen LogP contribution in [0.3, 0.4) is 0 Å².